The summed E-state index contributed by atoms with van der Waals surface area (Å²) >= 11 is 0. The molecule has 4 aromatic rings. The van der Waals surface area contributed by atoms with E-state index in [1.807, 2.05) is 48.5 Å². The zero-order valence-corrected chi connectivity index (χ0v) is 19.7. The van der Waals surface area contributed by atoms with Crippen LogP contribution < -0.4 is 5.32 Å². The number of fused-ring (bicyclic) bond motifs is 4. The maximum atomic E-state index is 12.7. The van der Waals surface area contributed by atoms with E-state index in [1.165, 1.54) is 12.1 Å². The number of alkyl carbamates (subject to hydrolysis) is 1. The number of carbonyl (C=O) groups excluding carboxylic acids is 4. The van der Waals surface area contributed by atoms with Gasteiger partial charge in [0.1, 0.15) is 6.61 Å². The molecule has 3 amide bonds. The first-order chi connectivity index (χ1) is 18.5. The molecular formula is C28H19N3O7. The summed E-state index contributed by atoms with van der Waals surface area (Å²) in [5, 5.41) is 2.91. The molecule has 188 valence electrons. The van der Waals surface area contributed by atoms with Gasteiger partial charge in [0.15, 0.2) is 17.8 Å². The van der Waals surface area contributed by atoms with Crippen LogP contribution in [0.4, 0.5) is 4.79 Å². The van der Waals surface area contributed by atoms with Crippen LogP contribution in [0.25, 0.3) is 11.1 Å². The standard InChI is InChI=1S/C28H19N3O7/c32-25-20-11-5-6-12-21(20)26(33)31(25)38-27(34)24-23(37-15-30-24)13-29-28(35)36-14-22-18-9-3-1-7-16(18)17-8-2-4-10-19(17)22/h1-12,15,22H,13-14H2,(H,29,35). The van der Waals surface area contributed by atoms with Gasteiger partial charge in [0.25, 0.3) is 11.8 Å². The van der Waals surface area contributed by atoms with Crippen molar-refractivity contribution < 1.29 is 33.2 Å². The molecular weight excluding hydrogens is 490 g/mol. The highest BCUT2D eigenvalue weighted by Crippen LogP contribution is 2.44. The average molecular weight is 509 g/mol. The van der Waals surface area contributed by atoms with E-state index in [0.717, 1.165) is 28.6 Å². The van der Waals surface area contributed by atoms with E-state index in [0.29, 0.717) is 5.06 Å². The molecule has 0 fully saturated rings. The Kier molecular flexibility index (Phi) is 5.68. The number of carbonyl (C=O) groups is 4. The van der Waals surface area contributed by atoms with Crippen LogP contribution in [0.3, 0.4) is 0 Å². The van der Waals surface area contributed by atoms with Crippen molar-refractivity contribution in [2.24, 2.45) is 0 Å². The number of rotatable bonds is 6. The highest BCUT2D eigenvalue weighted by Gasteiger charge is 2.39. The number of hydrogen-bond donors (Lipinski definition) is 1. The molecule has 1 aliphatic heterocycles. The van der Waals surface area contributed by atoms with Crippen molar-refractivity contribution in [2.45, 2.75) is 12.5 Å². The molecule has 0 radical (unpaired) electrons. The van der Waals surface area contributed by atoms with Gasteiger partial charge in [-0.25, -0.2) is 14.6 Å². The van der Waals surface area contributed by atoms with E-state index in [9.17, 15) is 19.2 Å². The summed E-state index contributed by atoms with van der Waals surface area (Å²) in [7, 11) is 0. The number of benzene rings is 3. The molecule has 0 atom stereocenters. The number of hydroxylamine groups is 2. The van der Waals surface area contributed by atoms with Gasteiger partial charge < -0.3 is 19.3 Å². The zero-order valence-electron chi connectivity index (χ0n) is 19.7. The van der Waals surface area contributed by atoms with Crippen molar-refractivity contribution in [1.82, 2.24) is 15.4 Å². The van der Waals surface area contributed by atoms with Crippen LogP contribution in [0.15, 0.2) is 83.6 Å². The van der Waals surface area contributed by atoms with Crippen molar-refractivity contribution in [1.29, 1.82) is 0 Å². The van der Waals surface area contributed by atoms with Gasteiger partial charge in [0, 0.05) is 5.92 Å². The Morgan fingerprint density at radius 2 is 1.39 bits per heavy atom. The van der Waals surface area contributed by atoms with Crippen LogP contribution in [-0.4, -0.2) is 40.5 Å². The first-order valence-electron chi connectivity index (χ1n) is 11.7. The lowest BCUT2D eigenvalue weighted by Gasteiger charge is -2.14. The molecule has 6 rings (SSSR count). The summed E-state index contributed by atoms with van der Waals surface area (Å²) < 4.78 is 10.7. The van der Waals surface area contributed by atoms with Crippen LogP contribution in [0.2, 0.25) is 0 Å². The number of nitrogens with one attached hydrogen (secondary N) is 1. The van der Waals surface area contributed by atoms with Crippen molar-refractivity contribution in [3.05, 3.63) is 113 Å². The number of ether oxygens (including phenoxy) is 1. The van der Waals surface area contributed by atoms with Crippen LogP contribution in [0.5, 0.6) is 0 Å². The minimum atomic E-state index is -1.09. The van der Waals surface area contributed by atoms with Crippen molar-refractivity contribution in [2.75, 3.05) is 6.61 Å². The Hall–Kier alpha value is -5.25. The Balaban J connectivity index is 1.08. The van der Waals surface area contributed by atoms with Gasteiger partial charge in [-0.2, -0.15) is 0 Å². The number of aromatic nitrogens is 1. The van der Waals surface area contributed by atoms with Gasteiger partial charge in [-0.05, 0) is 34.4 Å². The predicted octanol–water partition coefficient (Wildman–Crippen LogP) is 4.08. The lowest BCUT2D eigenvalue weighted by atomic mass is 9.98. The van der Waals surface area contributed by atoms with E-state index in [4.69, 9.17) is 14.0 Å². The van der Waals surface area contributed by atoms with E-state index >= 15 is 0 Å². The SMILES string of the molecule is O=C(NCc1ocnc1C(=O)ON1C(=O)c2ccccc2C1=O)OCC1c2ccccc2-c2ccccc21. The zero-order chi connectivity index (χ0) is 26.2. The summed E-state index contributed by atoms with van der Waals surface area (Å²) in [6, 6.07) is 22.1. The van der Waals surface area contributed by atoms with Crippen LogP contribution >= 0.6 is 0 Å². The van der Waals surface area contributed by atoms with Crippen LogP contribution in [0.1, 0.15) is 54.0 Å². The number of nitrogens with zero attached hydrogens (tertiary/aromatic N) is 2. The van der Waals surface area contributed by atoms with Gasteiger partial charge in [0.05, 0.1) is 17.7 Å². The fraction of sp³-hybridized carbons (Fsp3) is 0.107. The number of amides is 3. The fourth-order valence-electron chi connectivity index (χ4n) is 4.74. The smallest absolute Gasteiger partial charge is 0.407 e. The minimum absolute atomic E-state index is 0.0277. The summed E-state index contributed by atoms with van der Waals surface area (Å²) in [4.78, 5) is 58.9. The largest absolute Gasteiger partial charge is 0.449 e. The molecule has 0 unspecified atom stereocenters. The quantitative estimate of drug-likeness (QED) is 0.385. The van der Waals surface area contributed by atoms with E-state index in [1.54, 1.807) is 12.1 Å². The monoisotopic (exact) mass is 509 g/mol. The molecule has 2 heterocycles. The molecule has 0 spiro atoms. The lowest BCUT2D eigenvalue weighted by molar-refractivity contribution is -0.0589. The van der Waals surface area contributed by atoms with Gasteiger partial charge in [-0.15, -0.1) is 0 Å². The third kappa shape index (κ3) is 3.88. The Bertz CT molecular complexity index is 1530. The van der Waals surface area contributed by atoms with E-state index < -0.39 is 23.9 Å². The summed E-state index contributed by atoms with van der Waals surface area (Å²) in [5.74, 6) is -2.75. The molecule has 0 saturated heterocycles. The third-order valence-electron chi connectivity index (χ3n) is 6.50. The molecule has 38 heavy (non-hydrogen) atoms. The highest BCUT2D eigenvalue weighted by atomic mass is 16.7. The predicted molar refractivity (Wildman–Crippen MR) is 131 cm³/mol. The molecule has 1 aliphatic carbocycles. The number of imide groups is 1. The Morgan fingerprint density at radius 1 is 0.842 bits per heavy atom. The first kappa shape index (κ1) is 23.2. The van der Waals surface area contributed by atoms with E-state index in [-0.39, 0.29) is 41.7 Å². The van der Waals surface area contributed by atoms with Gasteiger partial charge in [-0.3, -0.25) is 9.59 Å². The van der Waals surface area contributed by atoms with Crippen molar-refractivity contribution in [3.8, 4) is 11.1 Å². The average Bonchev–Trinajstić information content (AvgIpc) is 3.61. The topological polar surface area (TPSA) is 128 Å². The molecule has 10 heteroatoms. The van der Waals surface area contributed by atoms with Crippen molar-refractivity contribution >= 4 is 23.9 Å². The van der Waals surface area contributed by atoms with Gasteiger partial charge in [-0.1, -0.05) is 65.7 Å². The number of oxazole rings is 1. The second-order valence-corrected chi connectivity index (χ2v) is 8.63. The first-order valence-corrected chi connectivity index (χ1v) is 11.7. The van der Waals surface area contributed by atoms with Crippen LogP contribution in [0, 0.1) is 0 Å². The van der Waals surface area contributed by atoms with Gasteiger partial charge >= 0.3 is 12.1 Å². The van der Waals surface area contributed by atoms with Gasteiger partial charge in [0.2, 0.25) is 0 Å². The summed E-state index contributed by atoms with van der Waals surface area (Å²) in [6.07, 6.45) is 0.274. The Labute approximate surface area is 215 Å². The molecule has 1 aromatic heterocycles. The lowest BCUT2D eigenvalue weighted by Crippen LogP contribution is -2.33. The fourth-order valence-corrected chi connectivity index (χ4v) is 4.74. The maximum Gasteiger partial charge on any atom is 0.407 e. The summed E-state index contributed by atoms with van der Waals surface area (Å²) in [6.45, 7) is -0.117. The minimum Gasteiger partial charge on any atom is -0.449 e. The highest BCUT2D eigenvalue weighted by molar-refractivity contribution is 6.21. The van der Waals surface area contributed by atoms with E-state index in [2.05, 4.69) is 10.3 Å². The maximum absolute atomic E-state index is 12.7. The molecule has 1 N–H and O–H groups in total. The van der Waals surface area contributed by atoms with Crippen LogP contribution in [-0.2, 0) is 16.1 Å². The molecule has 3 aromatic carbocycles. The second-order valence-electron chi connectivity index (χ2n) is 8.63. The normalized spacial score (nSPS) is 13.6. The third-order valence-corrected chi connectivity index (χ3v) is 6.50. The Morgan fingerprint density at radius 3 is 2.00 bits per heavy atom. The molecule has 0 saturated carbocycles. The molecule has 0 bridgehead atoms. The van der Waals surface area contributed by atoms with Crippen molar-refractivity contribution in [3.63, 3.8) is 0 Å². The molecule has 2 aliphatic rings. The number of hydrogen-bond acceptors (Lipinski definition) is 8. The second kappa shape index (κ2) is 9.32. The molecule has 10 nitrogen and oxygen atoms in total. The summed E-state index contributed by atoms with van der Waals surface area (Å²) in [5.41, 5.74) is 4.34.